The molecule has 1 N–H and O–H groups in total. The molecule has 5 nitrogen and oxygen atoms in total. The number of likely N-dealkylation sites (N-methyl/N-ethyl adjacent to an activating group) is 1. The minimum Gasteiger partial charge on any atom is -0.453 e. The standard InChI is InChI=1S/C25H25NO4/c1-2-26(18-20-12-6-3-7-13-20)23(27)19-30-24(28)25(29,21-14-8-4-9-15-21)22-16-10-5-11-17-22/h3-17,29H,2,18-19H2,1H3. The lowest BCUT2D eigenvalue weighted by molar-refractivity contribution is -0.166. The molecule has 0 saturated carbocycles. The topological polar surface area (TPSA) is 66.8 Å². The molecule has 0 heterocycles. The first-order valence-electron chi connectivity index (χ1n) is 9.88. The zero-order chi connectivity index (χ0) is 21.4. The van der Waals surface area contributed by atoms with Crippen molar-refractivity contribution in [3.05, 3.63) is 108 Å². The minimum absolute atomic E-state index is 0.321. The highest BCUT2D eigenvalue weighted by Crippen LogP contribution is 2.31. The van der Waals surface area contributed by atoms with E-state index in [-0.39, 0.29) is 5.91 Å². The molecule has 0 bridgehead atoms. The molecule has 0 radical (unpaired) electrons. The Morgan fingerprint density at radius 2 is 1.30 bits per heavy atom. The third kappa shape index (κ3) is 4.75. The first-order valence-corrected chi connectivity index (χ1v) is 9.88. The number of hydrogen-bond acceptors (Lipinski definition) is 4. The molecule has 0 fully saturated rings. The maximum atomic E-state index is 13.0. The van der Waals surface area contributed by atoms with E-state index in [1.54, 1.807) is 65.6 Å². The second kappa shape index (κ2) is 9.85. The maximum Gasteiger partial charge on any atom is 0.348 e. The van der Waals surface area contributed by atoms with Crippen LogP contribution in [0.4, 0.5) is 0 Å². The number of aliphatic hydroxyl groups is 1. The number of amides is 1. The fourth-order valence-corrected chi connectivity index (χ4v) is 3.26. The van der Waals surface area contributed by atoms with E-state index in [1.165, 1.54) is 0 Å². The summed E-state index contributed by atoms with van der Waals surface area (Å²) in [5.41, 5.74) is -0.251. The van der Waals surface area contributed by atoms with Crippen molar-refractivity contribution in [2.24, 2.45) is 0 Å². The van der Waals surface area contributed by atoms with Gasteiger partial charge in [-0.1, -0.05) is 91.0 Å². The van der Waals surface area contributed by atoms with Gasteiger partial charge in [0.05, 0.1) is 0 Å². The Hall–Kier alpha value is -3.44. The molecule has 0 atom stereocenters. The van der Waals surface area contributed by atoms with E-state index in [9.17, 15) is 14.7 Å². The average molecular weight is 403 g/mol. The summed E-state index contributed by atoms with van der Waals surface area (Å²) in [6.45, 7) is 2.33. The maximum absolute atomic E-state index is 13.0. The van der Waals surface area contributed by atoms with Crippen LogP contribution in [0.25, 0.3) is 0 Å². The van der Waals surface area contributed by atoms with Gasteiger partial charge >= 0.3 is 5.97 Å². The van der Waals surface area contributed by atoms with Crippen molar-refractivity contribution in [2.45, 2.75) is 19.1 Å². The Labute approximate surface area is 176 Å². The summed E-state index contributed by atoms with van der Waals surface area (Å²) < 4.78 is 5.32. The van der Waals surface area contributed by atoms with Gasteiger partial charge in [-0.15, -0.1) is 0 Å². The molecule has 0 saturated heterocycles. The van der Waals surface area contributed by atoms with Crippen LogP contribution in [0.5, 0.6) is 0 Å². The van der Waals surface area contributed by atoms with E-state index in [0.29, 0.717) is 24.2 Å². The van der Waals surface area contributed by atoms with Gasteiger partial charge < -0.3 is 14.7 Å². The molecule has 5 heteroatoms. The van der Waals surface area contributed by atoms with Crippen molar-refractivity contribution in [3.63, 3.8) is 0 Å². The van der Waals surface area contributed by atoms with Crippen molar-refractivity contribution in [2.75, 3.05) is 13.2 Å². The minimum atomic E-state index is -2.00. The van der Waals surface area contributed by atoms with E-state index in [4.69, 9.17) is 4.74 Å². The summed E-state index contributed by atoms with van der Waals surface area (Å²) in [6.07, 6.45) is 0. The predicted octanol–water partition coefficient (Wildman–Crippen LogP) is 3.51. The molecule has 0 aromatic heterocycles. The van der Waals surface area contributed by atoms with Gasteiger partial charge in [0.1, 0.15) is 0 Å². The Bertz CT molecular complexity index is 919. The largest absolute Gasteiger partial charge is 0.453 e. The van der Waals surface area contributed by atoms with Crippen LogP contribution in [-0.2, 0) is 26.5 Å². The molecular formula is C25H25NO4. The summed E-state index contributed by atoms with van der Waals surface area (Å²) in [6, 6.07) is 26.8. The van der Waals surface area contributed by atoms with E-state index >= 15 is 0 Å². The number of esters is 1. The molecule has 0 spiro atoms. The smallest absolute Gasteiger partial charge is 0.348 e. The molecule has 0 aliphatic heterocycles. The van der Waals surface area contributed by atoms with Crippen LogP contribution in [-0.4, -0.2) is 35.0 Å². The zero-order valence-electron chi connectivity index (χ0n) is 16.9. The molecule has 3 rings (SSSR count). The quantitative estimate of drug-likeness (QED) is 0.585. The lowest BCUT2D eigenvalue weighted by Gasteiger charge is -2.27. The molecule has 0 unspecified atom stereocenters. The van der Waals surface area contributed by atoms with Crippen LogP contribution in [0.3, 0.4) is 0 Å². The SMILES string of the molecule is CCN(Cc1ccccc1)C(=O)COC(=O)C(O)(c1ccccc1)c1ccccc1. The van der Waals surface area contributed by atoms with E-state index in [2.05, 4.69) is 0 Å². The molecule has 154 valence electrons. The van der Waals surface area contributed by atoms with Crippen molar-refractivity contribution in [3.8, 4) is 0 Å². The fraction of sp³-hybridized carbons (Fsp3) is 0.200. The lowest BCUT2D eigenvalue weighted by Crippen LogP contribution is -2.41. The molecule has 1 amide bonds. The van der Waals surface area contributed by atoms with Crippen LogP contribution in [0.1, 0.15) is 23.6 Å². The van der Waals surface area contributed by atoms with Crippen LogP contribution < -0.4 is 0 Å². The second-order valence-electron chi connectivity index (χ2n) is 6.91. The Kier molecular flexibility index (Phi) is 6.99. The molecule has 0 aliphatic carbocycles. The first-order chi connectivity index (χ1) is 14.6. The number of carbonyl (C=O) groups excluding carboxylic acids is 2. The summed E-state index contributed by atoms with van der Waals surface area (Å²) in [5.74, 6) is -1.21. The average Bonchev–Trinajstić information content (AvgIpc) is 2.82. The fourth-order valence-electron chi connectivity index (χ4n) is 3.26. The Balaban J connectivity index is 1.75. The highest BCUT2D eigenvalue weighted by Gasteiger charge is 2.42. The van der Waals surface area contributed by atoms with Gasteiger partial charge in [-0.2, -0.15) is 0 Å². The number of rotatable bonds is 8. The monoisotopic (exact) mass is 403 g/mol. The van der Waals surface area contributed by atoms with Crippen molar-refractivity contribution < 1.29 is 19.4 Å². The van der Waals surface area contributed by atoms with Gasteiger partial charge in [-0.05, 0) is 23.6 Å². The number of nitrogens with zero attached hydrogens (tertiary/aromatic N) is 1. The lowest BCUT2D eigenvalue weighted by atomic mass is 9.86. The second-order valence-corrected chi connectivity index (χ2v) is 6.91. The normalized spacial score (nSPS) is 11.0. The van der Waals surface area contributed by atoms with Crippen molar-refractivity contribution >= 4 is 11.9 Å². The zero-order valence-corrected chi connectivity index (χ0v) is 16.9. The van der Waals surface area contributed by atoms with Crippen molar-refractivity contribution in [1.29, 1.82) is 0 Å². The number of hydrogen-bond donors (Lipinski definition) is 1. The summed E-state index contributed by atoms with van der Waals surface area (Å²) >= 11 is 0. The highest BCUT2D eigenvalue weighted by molar-refractivity contribution is 5.88. The molecule has 0 aliphatic rings. The molecule has 3 aromatic rings. The van der Waals surface area contributed by atoms with Crippen LogP contribution in [0, 0.1) is 0 Å². The van der Waals surface area contributed by atoms with Gasteiger partial charge in [0.25, 0.3) is 5.91 Å². The highest BCUT2D eigenvalue weighted by atomic mass is 16.6. The van der Waals surface area contributed by atoms with Crippen LogP contribution in [0.15, 0.2) is 91.0 Å². The van der Waals surface area contributed by atoms with Crippen LogP contribution in [0.2, 0.25) is 0 Å². The van der Waals surface area contributed by atoms with Gasteiger partial charge in [0.15, 0.2) is 6.61 Å². The predicted molar refractivity (Wildman–Crippen MR) is 114 cm³/mol. The third-order valence-electron chi connectivity index (χ3n) is 4.96. The van der Waals surface area contributed by atoms with E-state index in [0.717, 1.165) is 5.56 Å². The molecule has 3 aromatic carbocycles. The van der Waals surface area contributed by atoms with Crippen LogP contribution >= 0.6 is 0 Å². The number of benzene rings is 3. The molecule has 30 heavy (non-hydrogen) atoms. The summed E-state index contributed by atoms with van der Waals surface area (Å²) in [7, 11) is 0. The van der Waals surface area contributed by atoms with Gasteiger partial charge in [-0.25, -0.2) is 4.79 Å². The Morgan fingerprint density at radius 1 is 0.833 bits per heavy atom. The van der Waals surface area contributed by atoms with Gasteiger partial charge in [-0.3, -0.25) is 4.79 Å². The number of carbonyl (C=O) groups is 2. The third-order valence-corrected chi connectivity index (χ3v) is 4.96. The summed E-state index contributed by atoms with van der Waals surface area (Å²) in [4.78, 5) is 27.3. The summed E-state index contributed by atoms with van der Waals surface area (Å²) in [5, 5.41) is 11.4. The Morgan fingerprint density at radius 3 is 1.77 bits per heavy atom. The molecular weight excluding hydrogens is 378 g/mol. The van der Waals surface area contributed by atoms with Crippen molar-refractivity contribution in [1.82, 2.24) is 4.90 Å². The van der Waals surface area contributed by atoms with E-state index in [1.807, 2.05) is 37.3 Å². The van der Waals surface area contributed by atoms with Gasteiger partial charge in [0.2, 0.25) is 5.60 Å². The number of ether oxygens (including phenoxy) is 1. The first kappa shape index (κ1) is 21.3. The van der Waals surface area contributed by atoms with E-state index < -0.39 is 18.2 Å². The van der Waals surface area contributed by atoms with Gasteiger partial charge in [0, 0.05) is 13.1 Å².